The van der Waals surface area contributed by atoms with Gasteiger partial charge in [0.25, 0.3) is 0 Å². The second-order valence-electron chi connectivity index (χ2n) is 4.45. The third-order valence-corrected chi connectivity index (χ3v) is 2.60. The largest absolute Gasteiger partial charge is 0.473 e. The third-order valence-electron chi connectivity index (χ3n) is 2.34. The lowest BCUT2D eigenvalue weighted by atomic mass is 10.3. The van der Waals surface area contributed by atoms with Crippen molar-refractivity contribution >= 4 is 17.6 Å². The molecule has 0 aliphatic rings. The second-order valence-corrected chi connectivity index (χ2v) is 4.88. The fraction of sp³-hybridized carbons (Fsp3) is 0.500. The molecule has 1 aromatic rings. The van der Waals surface area contributed by atoms with Crippen molar-refractivity contribution in [1.82, 2.24) is 10.6 Å². The van der Waals surface area contributed by atoms with Crippen LogP contribution in [0.4, 0.5) is 4.79 Å². The molecule has 5 nitrogen and oxygen atoms in total. The van der Waals surface area contributed by atoms with E-state index in [4.69, 9.17) is 21.1 Å². The number of nitrogens with one attached hydrogen (secondary N) is 2. The van der Waals surface area contributed by atoms with Gasteiger partial charge in [-0.05, 0) is 44.5 Å². The molecule has 0 aromatic heterocycles. The number of amides is 2. The Kier molecular flexibility index (Phi) is 7.84. The molecule has 2 amide bonds. The summed E-state index contributed by atoms with van der Waals surface area (Å²) in [6.07, 6.45) is 1.00. The van der Waals surface area contributed by atoms with E-state index in [9.17, 15) is 4.79 Å². The van der Waals surface area contributed by atoms with Gasteiger partial charge in [0, 0.05) is 18.2 Å². The van der Waals surface area contributed by atoms with Gasteiger partial charge in [-0.1, -0.05) is 11.6 Å². The molecule has 0 fully saturated rings. The van der Waals surface area contributed by atoms with Crippen molar-refractivity contribution in [2.75, 3.05) is 19.9 Å². The van der Waals surface area contributed by atoms with Gasteiger partial charge in [0.15, 0.2) is 6.73 Å². The molecule has 0 atom stereocenters. The van der Waals surface area contributed by atoms with Gasteiger partial charge in [0.2, 0.25) is 0 Å². The molecule has 0 bridgehead atoms. The Balaban J connectivity index is 2.04. The summed E-state index contributed by atoms with van der Waals surface area (Å²) in [4.78, 5) is 11.4. The highest BCUT2D eigenvalue weighted by molar-refractivity contribution is 6.30. The molecule has 20 heavy (non-hydrogen) atoms. The van der Waals surface area contributed by atoms with E-state index in [1.807, 2.05) is 13.8 Å². The number of benzene rings is 1. The number of carbonyl (C=O) groups is 1. The first-order valence-corrected chi connectivity index (χ1v) is 6.97. The Morgan fingerprint density at radius 3 is 2.60 bits per heavy atom. The first-order valence-electron chi connectivity index (χ1n) is 6.59. The van der Waals surface area contributed by atoms with Crippen LogP contribution in [0.5, 0.6) is 5.75 Å². The highest BCUT2D eigenvalue weighted by atomic mass is 35.5. The van der Waals surface area contributed by atoms with Crippen LogP contribution in [0.3, 0.4) is 0 Å². The molecule has 6 heteroatoms. The summed E-state index contributed by atoms with van der Waals surface area (Å²) in [6.45, 7) is 5.27. The predicted octanol–water partition coefficient (Wildman–Crippen LogP) is 2.79. The zero-order valence-corrected chi connectivity index (χ0v) is 12.6. The van der Waals surface area contributed by atoms with E-state index in [1.165, 1.54) is 0 Å². The molecule has 0 saturated carbocycles. The molecule has 1 aromatic carbocycles. The summed E-state index contributed by atoms with van der Waals surface area (Å²) >= 11 is 5.75. The number of ether oxygens (including phenoxy) is 2. The average molecular weight is 301 g/mol. The van der Waals surface area contributed by atoms with E-state index >= 15 is 0 Å². The minimum Gasteiger partial charge on any atom is -0.473 e. The summed E-state index contributed by atoms with van der Waals surface area (Å²) < 4.78 is 10.7. The van der Waals surface area contributed by atoms with Gasteiger partial charge in [-0.3, -0.25) is 0 Å². The number of urea groups is 1. The SMILES string of the molecule is CC(C)OCCCNC(=O)NCOc1ccc(Cl)cc1. The van der Waals surface area contributed by atoms with Crippen LogP contribution in [0.2, 0.25) is 5.02 Å². The monoisotopic (exact) mass is 300 g/mol. The Bertz CT molecular complexity index is 396. The van der Waals surface area contributed by atoms with Crippen molar-refractivity contribution in [3.8, 4) is 5.75 Å². The summed E-state index contributed by atoms with van der Waals surface area (Å²) in [7, 11) is 0. The van der Waals surface area contributed by atoms with E-state index in [0.717, 1.165) is 6.42 Å². The number of halogens is 1. The first kappa shape index (κ1) is 16.6. The fourth-order valence-corrected chi connectivity index (χ4v) is 1.50. The molecule has 0 aliphatic carbocycles. The maximum absolute atomic E-state index is 11.4. The van der Waals surface area contributed by atoms with E-state index in [2.05, 4.69) is 10.6 Å². The first-order chi connectivity index (χ1) is 9.58. The summed E-state index contributed by atoms with van der Waals surface area (Å²) in [5.74, 6) is 0.653. The Hall–Kier alpha value is -1.46. The standard InChI is InChI=1S/C14H21ClN2O3/c1-11(2)19-9-3-8-16-14(18)17-10-20-13-6-4-12(15)5-7-13/h4-7,11H,3,8-10H2,1-2H3,(H2,16,17,18). The van der Waals surface area contributed by atoms with Gasteiger partial charge in [-0.25, -0.2) is 4.79 Å². The van der Waals surface area contributed by atoms with Gasteiger partial charge in [0.1, 0.15) is 5.75 Å². The predicted molar refractivity (Wildman–Crippen MR) is 79.2 cm³/mol. The van der Waals surface area contributed by atoms with Crippen molar-refractivity contribution in [3.05, 3.63) is 29.3 Å². The molecule has 2 N–H and O–H groups in total. The number of rotatable bonds is 8. The van der Waals surface area contributed by atoms with E-state index in [0.29, 0.717) is 23.9 Å². The zero-order valence-electron chi connectivity index (χ0n) is 11.8. The van der Waals surface area contributed by atoms with Gasteiger partial charge in [0.05, 0.1) is 6.10 Å². The minimum absolute atomic E-state index is 0.107. The van der Waals surface area contributed by atoms with Crippen molar-refractivity contribution in [1.29, 1.82) is 0 Å². The van der Waals surface area contributed by atoms with Crippen LogP contribution in [0.25, 0.3) is 0 Å². The van der Waals surface area contributed by atoms with Crippen LogP contribution in [-0.2, 0) is 4.74 Å². The van der Waals surface area contributed by atoms with E-state index in [-0.39, 0.29) is 18.9 Å². The maximum atomic E-state index is 11.4. The normalized spacial score (nSPS) is 10.4. The molecule has 0 spiro atoms. The lowest BCUT2D eigenvalue weighted by Crippen LogP contribution is -2.38. The molecular formula is C14H21ClN2O3. The molecule has 0 saturated heterocycles. The molecule has 0 radical (unpaired) electrons. The molecule has 0 unspecified atom stereocenters. The molecule has 0 heterocycles. The highest BCUT2D eigenvalue weighted by Crippen LogP contribution is 2.14. The smallest absolute Gasteiger partial charge is 0.317 e. The van der Waals surface area contributed by atoms with Crippen LogP contribution in [-0.4, -0.2) is 32.0 Å². The summed E-state index contributed by atoms with van der Waals surface area (Å²) in [6, 6.07) is 6.68. The van der Waals surface area contributed by atoms with Gasteiger partial charge in [-0.2, -0.15) is 0 Å². The molecular weight excluding hydrogens is 280 g/mol. The molecule has 1 rings (SSSR count). The second kappa shape index (κ2) is 9.44. The van der Waals surface area contributed by atoms with Crippen LogP contribution in [0.1, 0.15) is 20.3 Å². The lowest BCUT2D eigenvalue weighted by molar-refractivity contribution is 0.0774. The number of hydrogen-bond donors (Lipinski definition) is 2. The van der Waals surface area contributed by atoms with E-state index < -0.39 is 0 Å². The topological polar surface area (TPSA) is 59.6 Å². The summed E-state index contributed by atoms with van der Waals surface area (Å²) in [5.41, 5.74) is 0. The number of carbonyl (C=O) groups excluding carboxylic acids is 1. The Morgan fingerprint density at radius 2 is 1.95 bits per heavy atom. The lowest BCUT2D eigenvalue weighted by Gasteiger charge is -2.10. The summed E-state index contributed by atoms with van der Waals surface area (Å²) in [5, 5.41) is 5.97. The third kappa shape index (κ3) is 7.86. The van der Waals surface area contributed by atoms with Crippen molar-refractivity contribution in [2.45, 2.75) is 26.4 Å². The van der Waals surface area contributed by atoms with Gasteiger partial charge >= 0.3 is 6.03 Å². The zero-order chi connectivity index (χ0) is 14.8. The van der Waals surface area contributed by atoms with Gasteiger partial charge < -0.3 is 20.1 Å². The van der Waals surface area contributed by atoms with Crippen molar-refractivity contribution in [2.24, 2.45) is 0 Å². The fourth-order valence-electron chi connectivity index (χ4n) is 1.37. The van der Waals surface area contributed by atoms with Crippen LogP contribution < -0.4 is 15.4 Å². The quantitative estimate of drug-likeness (QED) is 0.573. The van der Waals surface area contributed by atoms with Crippen LogP contribution >= 0.6 is 11.6 Å². The van der Waals surface area contributed by atoms with Crippen molar-refractivity contribution < 1.29 is 14.3 Å². The van der Waals surface area contributed by atoms with E-state index in [1.54, 1.807) is 24.3 Å². The molecule has 0 aliphatic heterocycles. The van der Waals surface area contributed by atoms with Gasteiger partial charge in [-0.15, -0.1) is 0 Å². The number of hydrogen-bond acceptors (Lipinski definition) is 3. The minimum atomic E-state index is -0.261. The molecule has 112 valence electrons. The highest BCUT2D eigenvalue weighted by Gasteiger charge is 2.00. The Labute approximate surface area is 124 Å². The average Bonchev–Trinajstić information content (AvgIpc) is 2.40. The van der Waals surface area contributed by atoms with Crippen molar-refractivity contribution in [3.63, 3.8) is 0 Å². The van der Waals surface area contributed by atoms with Crippen LogP contribution in [0.15, 0.2) is 24.3 Å². The maximum Gasteiger partial charge on any atom is 0.317 e. The Morgan fingerprint density at radius 1 is 1.25 bits per heavy atom. The van der Waals surface area contributed by atoms with Crippen LogP contribution in [0, 0.1) is 0 Å².